The molecule has 3 nitrogen and oxygen atoms in total. The Labute approximate surface area is 126 Å². The van der Waals surface area contributed by atoms with Crippen LogP contribution in [0.3, 0.4) is 0 Å². The summed E-state index contributed by atoms with van der Waals surface area (Å²) in [5.41, 5.74) is 0.722. The molecule has 0 amide bonds. The van der Waals surface area contributed by atoms with E-state index in [1.807, 2.05) is 43.3 Å². The zero-order chi connectivity index (χ0) is 13.7. The summed E-state index contributed by atoms with van der Waals surface area (Å²) in [5, 5.41) is 3.76. The molecular formula is C14H14BrClN2O. The molecule has 0 bridgehead atoms. The zero-order valence-electron chi connectivity index (χ0n) is 10.5. The highest BCUT2D eigenvalue weighted by molar-refractivity contribution is 9.10. The Morgan fingerprint density at radius 3 is 2.89 bits per heavy atom. The van der Waals surface area contributed by atoms with E-state index >= 15 is 0 Å². The fourth-order valence-electron chi connectivity index (χ4n) is 1.57. The van der Waals surface area contributed by atoms with E-state index in [0.29, 0.717) is 11.6 Å². The second-order valence-electron chi connectivity index (χ2n) is 3.90. The monoisotopic (exact) mass is 340 g/mol. The second-order valence-corrected chi connectivity index (χ2v) is 5.22. The third-order valence-electron chi connectivity index (χ3n) is 2.45. The van der Waals surface area contributed by atoms with Gasteiger partial charge in [-0.15, -0.1) is 0 Å². The van der Waals surface area contributed by atoms with Gasteiger partial charge in [0.05, 0.1) is 10.7 Å². The Morgan fingerprint density at radius 2 is 2.16 bits per heavy atom. The molecule has 2 rings (SSSR count). The van der Waals surface area contributed by atoms with Crippen molar-refractivity contribution in [2.75, 3.05) is 11.9 Å². The molecule has 1 N–H and O–H groups in total. The highest BCUT2D eigenvalue weighted by Gasteiger charge is 2.05. The van der Waals surface area contributed by atoms with Crippen LogP contribution in [0.15, 0.2) is 40.9 Å². The van der Waals surface area contributed by atoms with Gasteiger partial charge in [-0.1, -0.05) is 33.6 Å². The number of nitrogens with zero attached hydrogens (tertiary/aromatic N) is 1. The standard InChI is InChI=1S/C14H14BrClN2O/c1-2-17-14-7-6-12(16)13(18-14)9-19-11-5-3-4-10(15)8-11/h3-8H,2,9H2,1H3,(H,17,18). The summed E-state index contributed by atoms with van der Waals surface area (Å²) >= 11 is 9.52. The van der Waals surface area contributed by atoms with Gasteiger partial charge in [0.15, 0.2) is 0 Å². The minimum absolute atomic E-state index is 0.342. The molecule has 100 valence electrons. The van der Waals surface area contributed by atoms with Crippen molar-refractivity contribution in [2.45, 2.75) is 13.5 Å². The second kappa shape index (κ2) is 6.78. The summed E-state index contributed by atoms with van der Waals surface area (Å²) in [6.45, 7) is 3.18. The first-order valence-electron chi connectivity index (χ1n) is 5.96. The summed E-state index contributed by atoms with van der Waals surface area (Å²) in [7, 11) is 0. The van der Waals surface area contributed by atoms with Crippen LogP contribution in [0, 0.1) is 0 Å². The Morgan fingerprint density at radius 1 is 1.32 bits per heavy atom. The molecule has 0 aliphatic heterocycles. The number of hydrogen-bond donors (Lipinski definition) is 1. The predicted octanol–water partition coefficient (Wildman–Crippen LogP) is 4.51. The lowest BCUT2D eigenvalue weighted by atomic mass is 10.3. The number of rotatable bonds is 5. The third-order valence-corrected chi connectivity index (χ3v) is 3.29. The molecule has 0 aliphatic rings. The van der Waals surface area contributed by atoms with Crippen molar-refractivity contribution < 1.29 is 4.74 Å². The first kappa shape index (κ1) is 14.2. The SMILES string of the molecule is CCNc1ccc(Cl)c(COc2cccc(Br)c2)n1. The molecule has 19 heavy (non-hydrogen) atoms. The van der Waals surface area contributed by atoms with Crippen molar-refractivity contribution in [1.29, 1.82) is 0 Å². The van der Waals surface area contributed by atoms with Gasteiger partial charge in [-0.05, 0) is 37.3 Å². The van der Waals surface area contributed by atoms with Gasteiger partial charge in [-0.3, -0.25) is 0 Å². The fraction of sp³-hybridized carbons (Fsp3) is 0.214. The quantitative estimate of drug-likeness (QED) is 0.869. The number of nitrogens with one attached hydrogen (secondary N) is 1. The molecule has 0 atom stereocenters. The van der Waals surface area contributed by atoms with Gasteiger partial charge in [0.25, 0.3) is 0 Å². The van der Waals surface area contributed by atoms with Crippen LogP contribution >= 0.6 is 27.5 Å². The van der Waals surface area contributed by atoms with Crippen LogP contribution in [-0.4, -0.2) is 11.5 Å². The number of halogens is 2. The van der Waals surface area contributed by atoms with E-state index in [-0.39, 0.29) is 0 Å². The maximum absolute atomic E-state index is 6.11. The van der Waals surface area contributed by atoms with E-state index in [9.17, 15) is 0 Å². The van der Waals surface area contributed by atoms with E-state index in [1.165, 1.54) is 0 Å². The molecule has 1 heterocycles. The highest BCUT2D eigenvalue weighted by Crippen LogP contribution is 2.21. The minimum Gasteiger partial charge on any atom is -0.487 e. The number of benzene rings is 1. The Hall–Kier alpha value is -1.26. The van der Waals surface area contributed by atoms with Crippen molar-refractivity contribution in [3.05, 3.63) is 51.6 Å². The topological polar surface area (TPSA) is 34.1 Å². The van der Waals surface area contributed by atoms with E-state index in [2.05, 4.69) is 26.2 Å². The van der Waals surface area contributed by atoms with Crippen LogP contribution in [-0.2, 0) is 6.61 Å². The summed E-state index contributed by atoms with van der Waals surface area (Å²) in [4.78, 5) is 4.42. The summed E-state index contributed by atoms with van der Waals surface area (Å²) in [6.07, 6.45) is 0. The average molecular weight is 342 g/mol. The number of aromatic nitrogens is 1. The van der Waals surface area contributed by atoms with E-state index in [1.54, 1.807) is 0 Å². The third kappa shape index (κ3) is 4.11. The highest BCUT2D eigenvalue weighted by atomic mass is 79.9. The fourth-order valence-corrected chi connectivity index (χ4v) is 2.11. The van der Waals surface area contributed by atoms with Crippen LogP contribution in [0.2, 0.25) is 5.02 Å². The van der Waals surface area contributed by atoms with Crippen LogP contribution in [0.25, 0.3) is 0 Å². The van der Waals surface area contributed by atoms with Crippen molar-refractivity contribution >= 4 is 33.3 Å². The van der Waals surface area contributed by atoms with Gasteiger partial charge in [-0.2, -0.15) is 0 Å². The zero-order valence-corrected chi connectivity index (χ0v) is 12.8. The number of anilines is 1. The molecule has 1 aromatic heterocycles. The summed E-state index contributed by atoms with van der Waals surface area (Å²) in [5.74, 6) is 1.58. The van der Waals surface area contributed by atoms with Crippen molar-refractivity contribution in [2.24, 2.45) is 0 Å². The molecular weight excluding hydrogens is 328 g/mol. The molecule has 0 unspecified atom stereocenters. The van der Waals surface area contributed by atoms with E-state index in [4.69, 9.17) is 16.3 Å². The van der Waals surface area contributed by atoms with Gasteiger partial charge in [0.2, 0.25) is 0 Å². The van der Waals surface area contributed by atoms with Crippen LogP contribution in [0.4, 0.5) is 5.82 Å². The lowest BCUT2D eigenvalue weighted by molar-refractivity contribution is 0.301. The van der Waals surface area contributed by atoms with Crippen LogP contribution in [0.5, 0.6) is 5.75 Å². The maximum Gasteiger partial charge on any atom is 0.132 e. The van der Waals surface area contributed by atoms with Gasteiger partial charge in [0, 0.05) is 11.0 Å². The van der Waals surface area contributed by atoms with Gasteiger partial charge in [0.1, 0.15) is 18.2 Å². The Bertz CT molecular complexity index is 563. The average Bonchev–Trinajstić information content (AvgIpc) is 2.40. The lowest BCUT2D eigenvalue weighted by Crippen LogP contribution is -2.04. The summed E-state index contributed by atoms with van der Waals surface area (Å²) < 4.78 is 6.66. The molecule has 5 heteroatoms. The summed E-state index contributed by atoms with van der Waals surface area (Å²) in [6, 6.07) is 11.4. The molecule has 2 aromatic rings. The number of hydrogen-bond acceptors (Lipinski definition) is 3. The normalized spacial score (nSPS) is 10.3. The van der Waals surface area contributed by atoms with E-state index < -0.39 is 0 Å². The lowest BCUT2D eigenvalue weighted by Gasteiger charge is -2.09. The molecule has 0 radical (unpaired) electrons. The minimum atomic E-state index is 0.342. The van der Waals surface area contributed by atoms with Gasteiger partial charge < -0.3 is 10.1 Å². The van der Waals surface area contributed by atoms with Gasteiger partial charge in [-0.25, -0.2) is 4.98 Å². The predicted molar refractivity (Wildman–Crippen MR) is 81.9 cm³/mol. The van der Waals surface area contributed by atoms with Crippen molar-refractivity contribution in [3.8, 4) is 5.75 Å². The molecule has 0 spiro atoms. The first-order valence-corrected chi connectivity index (χ1v) is 7.14. The molecule has 0 saturated heterocycles. The first-order chi connectivity index (χ1) is 9.19. The largest absolute Gasteiger partial charge is 0.487 e. The van der Waals surface area contributed by atoms with Crippen molar-refractivity contribution in [3.63, 3.8) is 0 Å². The van der Waals surface area contributed by atoms with Crippen molar-refractivity contribution in [1.82, 2.24) is 4.98 Å². The van der Waals surface area contributed by atoms with Crippen LogP contribution < -0.4 is 10.1 Å². The smallest absolute Gasteiger partial charge is 0.132 e. The van der Waals surface area contributed by atoms with E-state index in [0.717, 1.165) is 28.3 Å². The molecule has 0 aliphatic carbocycles. The van der Waals surface area contributed by atoms with Crippen LogP contribution in [0.1, 0.15) is 12.6 Å². The molecule has 0 saturated carbocycles. The molecule has 1 aromatic carbocycles. The maximum atomic E-state index is 6.11. The number of pyridine rings is 1. The van der Waals surface area contributed by atoms with Gasteiger partial charge >= 0.3 is 0 Å². The molecule has 0 fully saturated rings. The number of ether oxygens (including phenoxy) is 1. The Kier molecular flexibility index (Phi) is 5.05. The Balaban J connectivity index is 2.08.